The second kappa shape index (κ2) is 8.29. The molecule has 0 fully saturated rings. The molecule has 0 bridgehead atoms. The number of methoxy groups -OCH3 is 1. The summed E-state index contributed by atoms with van der Waals surface area (Å²) in [7, 11) is 1.18. The number of benzene rings is 2. The zero-order valence-electron chi connectivity index (χ0n) is 13.6. The number of aryl methyl sites for hydroxylation is 1. The second-order valence-electron chi connectivity index (χ2n) is 5.50. The van der Waals surface area contributed by atoms with E-state index in [4.69, 9.17) is 0 Å². The molecule has 2 N–H and O–H groups in total. The van der Waals surface area contributed by atoms with Crippen LogP contribution in [0.15, 0.2) is 42.5 Å². The zero-order chi connectivity index (χ0) is 17.5. The van der Waals surface area contributed by atoms with Gasteiger partial charge < -0.3 is 15.4 Å². The van der Waals surface area contributed by atoms with Gasteiger partial charge in [-0.15, -0.1) is 0 Å². The van der Waals surface area contributed by atoms with Gasteiger partial charge in [0.1, 0.15) is 0 Å². The average molecular weight is 334 g/mol. The van der Waals surface area contributed by atoms with Crippen molar-refractivity contribution in [3.63, 3.8) is 0 Å². The van der Waals surface area contributed by atoms with Crippen LogP contribution < -0.4 is 15.4 Å². The minimum atomic E-state index is -0.870. The van der Waals surface area contributed by atoms with Gasteiger partial charge in [-0.25, -0.2) is 13.6 Å². The number of rotatable bonds is 6. The molecule has 0 saturated carbocycles. The summed E-state index contributed by atoms with van der Waals surface area (Å²) in [5.41, 5.74) is 1.21. The maximum Gasteiger partial charge on any atom is 0.319 e. The standard InChI is InChI=1S/C18H20F2N2O2/c1-12(8-9-13-6-4-3-5-7-13)21-18(23)22-14-10-15(19)17(24-2)16(20)11-14/h3-7,10-12H,8-9H2,1-2H3,(H2,21,22,23). The Morgan fingerprint density at radius 3 is 2.38 bits per heavy atom. The number of halogens is 2. The lowest BCUT2D eigenvalue weighted by molar-refractivity contribution is 0.248. The van der Waals surface area contributed by atoms with Gasteiger partial charge in [-0.3, -0.25) is 0 Å². The molecule has 0 radical (unpaired) electrons. The second-order valence-corrected chi connectivity index (χ2v) is 5.50. The predicted octanol–water partition coefficient (Wildman–Crippen LogP) is 4.12. The maximum absolute atomic E-state index is 13.6. The fraction of sp³-hybridized carbons (Fsp3) is 0.278. The van der Waals surface area contributed by atoms with E-state index >= 15 is 0 Å². The number of carbonyl (C=O) groups excluding carboxylic acids is 1. The molecule has 24 heavy (non-hydrogen) atoms. The van der Waals surface area contributed by atoms with Crippen molar-refractivity contribution >= 4 is 11.7 Å². The molecule has 2 rings (SSSR count). The Morgan fingerprint density at radius 1 is 1.17 bits per heavy atom. The minimum absolute atomic E-state index is 0.0264. The van der Waals surface area contributed by atoms with Gasteiger partial charge in [0.05, 0.1) is 7.11 Å². The summed E-state index contributed by atoms with van der Waals surface area (Å²) in [6.45, 7) is 1.87. The monoisotopic (exact) mass is 334 g/mol. The van der Waals surface area contributed by atoms with Crippen LogP contribution in [0.5, 0.6) is 5.75 Å². The van der Waals surface area contributed by atoms with Crippen LogP contribution in [-0.4, -0.2) is 19.2 Å². The first kappa shape index (κ1) is 17.7. The summed E-state index contributed by atoms with van der Waals surface area (Å²) in [5, 5.41) is 5.16. The summed E-state index contributed by atoms with van der Waals surface area (Å²) >= 11 is 0. The molecule has 2 amide bonds. The third-order valence-corrected chi connectivity index (χ3v) is 3.55. The van der Waals surface area contributed by atoms with Gasteiger partial charge in [-0.05, 0) is 25.3 Å². The van der Waals surface area contributed by atoms with Crippen molar-refractivity contribution in [1.82, 2.24) is 5.32 Å². The highest BCUT2D eigenvalue weighted by molar-refractivity contribution is 5.89. The van der Waals surface area contributed by atoms with Crippen LogP contribution >= 0.6 is 0 Å². The normalized spacial score (nSPS) is 11.7. The van der Waals surface area contributed by atoms with Crippen molar-refractivity contribution in [3.05, 3.63) is 59.7 Å². The number of anilines is 1. The number of nitrogens with one attached hydrogen (secondary N) is 2. The average Bonchev–Trinajstić information content (AvgIpc) is 2.53. The van der Waals surface area contributed by atoms with Crippen molar-refractivity contribution in [2.24, 2.45) is 0 Å². The fourth-order valence-electron chi connectivity index (χ4n) is 2.32. The van der Waals surface area contributed by atoms with Gasteiger partial charge in [-0.1, -0.05) is 30.3 Å². The first-order valence-corrected chi connectivity index (χ1v) is 7.64. The molecule has 0 aliphatic heterocycles. The zero-order valence-corrected chi connectivity index (χ0v) is 13.6. The van der Waals surface area contributed by atoms with Crippen LogP contribution in [0.4, 0.5) is 19.3 Å². The Bertz CT molecular complexity index is 670. The molecule has 6 heteroatoms. The minimum Gasteiger partial charge on any atom is -0.491 e. The summed E-state index contributed by atoms with van der Waals surface area (Å²) in [6, 6.07) is 11.3. The van der Waals surface area contributed by atoms with Crippen LogP contribution in [0, 0.1) is 11.6 Å². The number of amides is 2. The summed E-state index contributed by atoms with van der Waals surface area (Å²) in [6.07, 6.45) is 1.58. The highest BCUT2D eigenvalue weighted by atomic mass is 19.1. The highest BCUT2D eigenvalue weighted by Crippen LogP contribution is 2.25. The van der Waals surface area contributed by atoms with Crippen LogP contribution in [0.3, 0.4) is 0 Å². The van der Waals surface area contributed by atoms with E-state index in [1.807, 2.05) is 37.3 Å². The molecular weight excluding hydrogens is 314 g/mol. The van der Waals surface area contributed by atoms with Crippen LogP contribution in [0.1, 0.15) is 18.9 Å². The fourth-order valence-corrected chi connectivity index (χ4v) is 2.32. The summed E-state index contributed by atoms with van der Waals surface area (Å²) in [4.78, 5) is 11.9. The van der Waals surface area contributed by atoms with E-state index in [2.05, 4.69) is 15.4 Å². The first-order valence-electron chi connectivity index (χ1n) is 7.64. The lowest BCUT2D eigenvalue weighted by Gasteiger charge is -2.15. The van der Waals surface area contributed by atoms with Gasteiger partial charge in [0, 0.05) is 23.9 Å². The maximum atomic E-state index is 13.6. The number of carbonyl (C=O) groups is 1. The largest absolute Gasteiger partial charge is 0.491 e. The van der Waals surface area contributed by atoms with E-state index in [0.29, 0.717) is 0 Å². The summed E-state index contributed by atoms with van der Waals surface area (Å²) in [5.74, 6) is -2.22. The van der Waals surface area contributed by atoms with Crippen molar-refractivity contribution in [2.45, 2.75) is 25.8 Å². The molecule has 1 atom stereocenters. The first-order chi connectivity index (χ1) is 11.5. The lowest BCUT2D eigenvalue weighted by atomic mass is 10.1. The van der Waals surface area contributed by atoms with Gasteiger partial charge in [0.2, 0.25) is 0 Å². The van der Waals surface area contributed by atoms with Crippen LogP contribution in [0.2, 0.25) is 0 Å². The molecule has 0 saturated heterocycles. The van der Waals surface area contributed by atoms with E-state index in [0.717, 1.165) is 25.0 Å². The third kappa shape index (κ3) is 4.94. The van der Waals surface area contributed by atoms with E-state index < -0.39 is 23.4 Å². The molecule has 1 unspecified atom stereocenters. The SMILES string of the molecule is COc1c(F)cc(NC(=O)NC(C)CCc2ccccc2)cc1F. The van der Waals surface area contributed by atoms with Gasteiger partial charge in [0.25, 0.3) is 0 Å². The van der Waals surface area contributed by atoms with Gasteiger partial charge >= 0.3 is 6.03 Å². The third-order valence-electron chi connectivity index (χ3n) is 3.55. The molecule has 2 aromatic rings. The molecule has 128 valence electrons. The molecule has 0 heterocycles. The molecule has 0 aromatic heterocycles. The molecule has 0 aliphatic carbocycles. The number of hydrogen-bond donors (Lipinski definition) is 2. The van der Waals surface area contributed by atoms with Gasteiger partial charge in [0.15, 0.2) is 17.4 Å². The van der Waals surface area contributed by atoms with Crippen LogP contribution in [0.25, 0.3) is 0 Å². The smallest absolute Gasteiger partial charge is 0.319 e. The number of urea groups is 1. The van der Waals surface area contributed by atoms with E-state index in [1.54, 1.807) is 0 Å². The van der Waals surface area contributed by atoms with E-state index in [1.165, 1.54) is 12.7 Å². The number of ether oxygens (including phenoxy) is 1. The molecular formula is C18H20F2N2O2. The Hall–Kier alpha value is -2.63. The topological polar surface area (TPSA) is 50.4 Å². The van der Waals surface area contributed by atoms with E-state index in [9.17, 15) is 13.6 Å². The quantitative estimate of drug-likeness (QED) is 0.835. The van der Waals surface area contributed by atoms with Crippen molar-refractivity contribution < 1.29 is 18.3 Å². The van der Waals surface area contributed by atoms with E-state index in [-0.39, 0.29) is 11.7 Å². The predicted molar refractivity (Wildman–Crippen MR) is 89.3 cm³/mol. The van der Waals surface area contributed by atoms with Gasteiger partial charge in [-0.2, -0.15) is 0 Å². The molecule has 0 spiro atoms. The Balaban J connectivity index is 1.86. The van der Waals surface area contributed by atoms with Crippen molar-refractivity contribution in [3.8, 4) is 5.75 Å². The molecule has 4 nitrogen and oxygen atoms in total. The lowest BCUT2D eigenvalue weighted by Crippen LogP contribution is -2.36. The van der Waals surface area contributed by atoms with Crippen molar-refractivity contribution in [1.29, 1.82) is 0 Å². The Kier molecular flexibility index (Phi) is 6.12. The molecule has 2 aromatic carbocycles. The number of hydrogen-bond acceptors (Lipinski definition) is 2. The highest BCUT2D eigenvalue weighted by Gasteiger charge is 2.14. The van der Waals surface area contributed by atoms with Crippen molar-refractivity contribution in [2.75, 3.05) is 12.4 Å². The Morgan fingerprint density at radius 2 is 1.79 bits per heavy atom. The van der Waals surface area contributed by atoms with Crippen LogP contribution in [-0.2, 0) is 6.42 Å². The molecule has 0 aliphatic rings. The summed E-state index contributed by atoms with van der Waals surface area (Å²) < 4.78 is 31.8. The Labute approximate surface area is 139 Å².